The number of carbonyl (C=O) groups excluding carboxylic acids is 2. The fourth-order valence-corrected chi connectivity index (χ4v) is 2.96. The zero-order valence-electron chi connectivity index (χ0n) is 13.5. The molecule has 25 heavy (non-hydrogen) atoms. The van der Waals surface area contributed by atoms with Crippen LogP contribution in [0.15, 0.2) is 53.5 Å². The average Bonchev–Trinajstić information content (AvgIpc) is 3.15. The van der Waals surface area contributed by atoms with Gasteiger partial charge in [0.25, 0.3) is 11.8 Å². The third kappa shape index (κ3) is 2.96. The van der Waals surface area contributed by atoms with Crippen LogP contribution in [0.1, 0.15) is 20.7 Å². The molecule has 0 bridgehead atoms. The van der Waals surface area contributed by atoms with Crippen LogP contribution in [0, 0.1) is 0 Å². The molecule has 0 unspecified atom stereocenters. The molecule has 0 N–H and O–H groups in total. The molecule has 3 heterocycles. The average molecular weight is 336 g/mol. The zero-order valence-corrected chi connectivity index (χ0v) is 13.5. The molecule has 0 spiro atoms. The van der Waals surface area contributed by atoms with E-state index in [4.69, 9.17) is 4.42 Å². The first-order valence-corrected chi connectivity index (χ1v) is 8.04. The van der Waals surface area contributed by atoms with Crippen molar-refractivity contribution >= 4 is 22.9 Å². The van der Waals surface area contributed by atoms with Crippen molar-refractivity contribution in [2.75, 3.05) is 26.2 Å². The molecule has 1 aromatic carbocycles. The van der Waals surface area contributed by atoms with Crippen molar-refractivity contribution in [3.05, 3.63) is 60.2 Å². The van der Waals surface area contributed by atoms with Crippen molar-refractivity contribution in [3.8, 4) is 0 Å². The number of piperazine rings is 1. The smallest absolute Gasteiger partial charge is 0.255 e. The lowest BCUT2D eigenvalue weighted by molar-refractivity contribution is 0.0535. The number of hydrogen-bond acceptors (Lipinski definition) is 5. The van der Waals surface area contributed by atoms with E-state index in [-0.39, 0.29) is 11.8 Å². The first-order valence-electron chi connectivity index (χ1n) is 8.04. The number of pyridine rings is 1. The second kappa shape index (κ2) is 6.35. The summed E-state index contributed by atoms with van der Waals surface area (Å²) in [5.41, 5.74) is 2.45. The van der Waals surface area contributed by atoms with Crippen LogP contribution < -0.4 is 0 Å². The van der Waals surface area contributed by atoms with Crippen molar-refractivity contribution in [1.29, 1.82) is 0 Å². The number of amides is 2. The summed E-state index contributed by atoms with van der Waals surface area (Å²) < 4.78 is 5.25. The SMILES string of the molecule is O=C(c1cccnc1)N1CCN(C(=O)c2ccc3ncoc3c2)CC1. The first-order chi connectivity index (χ1) is 12.2. The van der Waals surface area contributed by atoms with Gasteiger partial charge in [-0.25, -0.2) is 4.98 Å². The Labute approximate surface area is 143 Å². The fraction of sp³-hybridized carbons (Fsp3) is 0.222. The van der Waals surface area contributed by atoms with Crippen molar-refractivity contribution in [1.82, 2.24) is 19.8 Å². The molecule has 1 saturated heterocycles. The van der Waals surface area contributed by atoms with Gasteiger partial charge in [-0.05, 0) is 30.3 Å². The number of hydrogen-bond donors (Lipinski definition) is 0. The van der Waals surface area contributed by atoms with Crippen LogP contribution in [-0.4, -0.2) is 57.8 Å². The van der Waals surface area contributed by atoms with E-state index in [1.807, 2.05) is 0 Å². The lowest BCUT2D eigenvalue weighted by Crippen LogP contribution is -2.50. The van der Waals surface area contributed by atoms with Gasteiger partial charge in [-0.3, -0.25) is 14.6 Å². The van der Waals surface area contributed by atoms with Crippen LogP contribution in [0.2, 0.25) is 0 Å². The minimum Gasteiger partial charge on any atom is -0.443 e. The third-order valence-electron chi connectivity index (χ3n) is 4.34. The van der Waals surface area contributed by atoms with Gasteiger partial charge in [-0.1, -0.05) is 0 Å². The second-order valence-electron chi connectivity index (χ2n) is 5.86. The molecule has 2 amide bonds. The summed E-state index contributed by atoms with van der Waals surface area (Å²) in [6, 6.07) is 8.72. The molecule has 7 heteroatoms. The number of fused-ring (bicyclic) bond motifs is 1. The Morgan fingerprint density at radius 3 is 2.36 bits per heavy atom. The number of carbonyl (C=O) groups is 2. The molecule has 2 aromatic heterocycles. The van der Waals surface area contributed by atoms with Crippen LogP contribution in [-0.2, 0) is 0 Å². The van der Waals surface area contributed by atoms with Gasteiger partial charge in [0.1, 0.15) is 5.52 Å². The Morgan fingerprint density at radius 2 is 1.68 bits per heavy atom. The van der Waals surface area contributed by atoms with Crippen molar-refractivity contribution in [2.24, 2.45) is 0 Å². The van der Waals surface area contributed by atoms with Gasteiger partial charge in [-0.2, -0.15) is 0 Å². The predicted octanol–water partition coefficient (Wildman–Crippen LogP) is 1.82. The second-order valence-corrected chi connectivity index (χ2v) is 5.86. The van der Waals surface area contributed by atoms with E-state index >= 15 is 0 Å². The number of rotatable bonds is 2. The van der Waals surface area contributed by atoms with E-state index in [0.29, 0.717) is 42.9 Å². The highest BCUT2D eigenvalue weighted by Crippen LogP contribution is 2.17. The van der Waals surface area contributed by atoms with Gasteiger partial charge >= 0.3 is 0 Å². The molecule has 1 aliphatic rings. The summed E-state index contributed by atoms with van der Waals surface area (Å²) in [5, 5.41) is 0. The highest BCUT2D eigenvalue weighted by molar-refractivity contribution is 5.97. The lowest BCUT2D eigenvalue weighted by atomic mass is 10.1. The van der Waals surface area contributed by atoms with Crippen molar-refractivity contribution in [3.63, 3.8) is 0 Å². The van der Waals surface area contributed by atoms with E-state index in [2.05, 4.69) is 9.97 Å². The number of benzene rings is 1. The largest absolute Gasteiger partial charge is 0.443 e. The van der Waals surface area contributed by atoms with Crippen LogP contribution in [0.5, 0.6) is 0 Å². The topological polar surface area (TPSA) is 79.5 Å². The molecule has 126 valence electrons. The van der Waals surface area contributed by atoms with Crippen LogP contribution >= 0.6 is 0 Å². The maximum Gasteiger partial charge on any atom is 0.255 e. The minimum absolute atomic E-state index is 0.0525. The highest BCUT2D eigenvalue weighted by atomic mass is 16.3. The summed E-state index contributed by atoms with van der Waals surface area (Å²) >= 11 is 0. The summed E-state index contributed by atoms with van der Waals surface area (Å²) in [7, 11) is 0. The van der Waals surface area contributed by atoms with Gasteiger partial charge in [0.2, 0.25) is 0 Å². The molecule has 1 aliphatic heterocycles. The highest BCUT2D eigenvalue weighted by Gasteiger charge is 2.25. The molecule has 0 saturated carbocycles. The first kappa shape index (κ1) is 15.3. The quantitative estimate of drug-likeness (QED) is 0.713. The van der Waals surface area contributed by atoms with Gasteiger partial charge in [-0.15, -0.1) is 0 Å². The molecule has 7 nitrogen and oxygen atoms in total. The van der Waals surface area contributed by atoms with Gasteiger partial charge in [0.05, 0.1) is 5.56 Å². The van der Waals surface area contributed by atoms with Crippen LogP contribution in [0.25, 0.3) is 11.1 Å². The Balaban J connectivity index is 1.42. The summed E-state index contributed by atoms with van der Waals surface area (Å²) in [4.78, 5) is 36.6. The number of aromatic nitrogens is 2. The van der Waals surface area contributed by atoms with Gasteiger partial charge in [0.15, 0.2) is 12.0 Å². The molecule has 0 aliphatic carbocycles. The van der Waals surface area contributed by atoms with E-state index in [1.165, 1.54) is 6.39 Å². The normalized spacial score (nSPS) is 14.7. The predicted molar refractivity (Wildman–Crippen MR) is 90.1 cm³/mol. The Kier molecular flexibility index (Phi) is 3.89. The molecule has 0 atom stereocenters. The van der Waals surface area contributed by atoms with E-state index in [0.717, 1.165) is 5.52 Å². The van der Waals surface area contributed by atoms with Gasteiger partial charge < -0.3 is 14.2 Å². The standard InChI is InChI=1S/C18H16N4O3/c23-17(13-3-4-15-16(10-13)25-12-20-15)21-6-8-22(9-7-21)18(24)14-2-1-5-19-11-14/h1-5,10-12H,6-9H2. The van der Waals surface area contributed by atoms with Gasteiger partial charge in [0, 0.05) is 44.1 Å². The Hall–Kier alpha value is -3.22. The van der Waals surface area contributed by atoms with E-state index in [1.54, 1.807) is 52.5 Å². The molecule has 3 aromatic rings. The fourth-order valence-electron chi connectivity index (χ4n) is 2.96. The van der Waals surface area contributed by atoms with Crippen molar-refractivity contribution in [2.45, 2.75) is 0 Å². The Bertz CT molecular complexity index is 914. The number of oxazole rings is 1. The van der Waals surface area contributed by atoms with Crippen LogP contribution in [0.3, 0.4) is 0 Å². The molecule has 4 rings (SSSR count). The molecule has 1 fully saturated rings. The Morgan fingerprint density at radius 1 is 0.960 bits per heavy atom. The summed E-state index contributed by atoms with van der Waals surface area (Å²) in [5.74, 6) is -0.116. The summed E-state index contributed by atoms with van der Waals surface area (Å²) in [6.45, 7) is 2.01. The van der Waals surface area contributed by atoms with Crippen LogP contribution in [0.4, 0.5) is 0 Å². The molecular weight excluding hydrogens is 320 g/mol. The van der Waals surface area contributed by atoms with E-state index in [9.17, 15) is 9.59 Å². The molecular formula is C18H16N4O3. The zero-order chi connectivity index (χ0) is 17.2. The maximum absolute atomic E-state index is 12.7. The molecule has 0 radical (unpaired) electrons. The third-order valence-corrected chi connectivity index (χ3v) is 4.34. The maximum atomic E-state index is 12.7. The number of nitrogens with zero attached hydrogens (tertiary/aromatic N) is 4. The monoisotopic (exact) mass is 336 g/mol. The van der Waals surface area contributed by atoms with Crippen molar-refractivity contribution < 1.29 is 14.0 Å². The summed E-state index contributed by atoms with van der Waals surface area (Å²) in [6.07, 6.45) is 4.56. The lowest BCUT2D eigenvalue weighted by Gasteiger charge is -2.34. The minimum atomic E-state index is -0.0632. The van der Waals surface area contributed by atoms with E-state index < -0.39 is 0 Å².